The minimum absolute atomic E-state index is 0.290. The maximum absolute atomic E-state index is 13.2. The van der Waals surface area contributed by atoms with Gasteiger partial charge < -0.3 is 14.2 Å². The molecule has 0 spiro atoms. The first-order valence-electron chi connectivity index (χ1n) is 11.5. The summed E-state index contributed by atoms with van der Waals surface area (Å²) in [6.07, 6.45) is 1.26. The Kier molecular flexibility index (Phi) is 7.60. The Balaban J connectivity index is 1.51. The van der Waals surface area contributed by atoms with Crippen molar-refractivity contribution in [2.75, 3.05) is 25.2 Å². The van der Waals surface area contributed by atoms with Crippen molar-refractivity contribution < 1.29 is 23.8 Å². The maximum Gasteiger partial charge on any atom is 0.336 e. The summed E-state index contributed by atoms with van der Waals surface area (Å²) in [4.78, 5) is 28.6. The number of carbonyl (C=O) groups is 2. The summed E-state index contributed by atoms with van der Waals surface area (Å²) in [5, 5.41) is 0. The second-order valence-corrected chi connectivity index (χ2v) is 7.83. The lowest BCUT2D eigenvalue weighted by atomic mass is 10.1. The van der Waals surface area contributed by atoms with Crippen molar-refractivity contribution in [2.24, 2.45) is 0 Å². The monoisotopic (exact) mass is 472 g/mol. The van der Waals surface area contributed by atoms with Gasteiger partial charge in [-0.2, -0.15) is 0 Å². The van der Waals surface area contributed by atoms with Crippen LogP contribution in [0.15, 0.2) is 84.6 Å². The second-order valence-electron chi connectivity index (χ2n) is 7.83. The molecule has 0 aromatic heterocycles. The maximum atomic E-state index is 13.2. The summed E-state index contributed by atoms with van der Waals surface area (Å²) >= 11 is 0. The molecule has 1 aliphatic heterocycles. The Bertz CT molecular complexity index is 1180. The van der Waals surface area contributed by atoms with Crippen molar-refractivity contribution in [3.8, 4) is 11.5 Å². The van der Waals surface area contributed by atoms with Gasteiger partial charge in [0.25, 0.3) is 5.91 Å². The Hall–Kier alpha value is -3.94. The van der Waals surface area contributed by atoms with E-state index in [4.69, 9.17) is 14.2 Å². The molecule has 1 heterocycles. The number of hydrogen-bond donors (Lipinski definition) is 0. The van der Waals surface area contributed by atoms with Gasteiger partial charge in [-0.15, -0.1) is 0 Å². The molecule has 3 aromatic rings. The van der Waals surface area contributed by atoms with E-state index >= 15 is 0 Å². The number of imide groups is 1. The van der Waals surface area contributed by atoms with Crippen LogP contribution < -0.4 is 9.64 Å². The zero-order valence-corrected chi connectivity index (χ0v) is 20.0. The Morgan fingerprint density at radius 3 is 2.00 bits per heavy atom. The summed E-state index contributed by atoms with van der Waals surface area (Å²) < 4.78 is 17.1. The van der Waals surface area contributed by atoms with Crippen LogP contribution in [0.2, 0.25) is 0 Å². The smallest absolute Gasteiger partial charge is 0.336 e. The van der Waals surface area contributed by atoms with Crippen molar-refractivity contribution in [2.45, 2.75) is 20.1 Å². The fourth-order valence-corrected chi connectivity index (χ4v) is 3.72. The summed E-state index contributed by atoms with van der Waals surface area (Å²) in [5.41, 5.74) is 2.44. The number of benzene rings is 3. The number of nitrogens with zero attached hydrogens (tertiary/aromatic N) is 2. The lowest BCUT2D eigenvalue weighted by Gasteiger charge is -2.17. The van der Waals surface area contributed by atoms with Crippen LogP contribution >= 0.6 is 0 Å². The quantitative estimate of drug-likeness (QED) is 0.217. The van der Waals surface area contributed by atoms with Crippen LogP contribution in [0.1, 0.15) is 31.3 Å². The Morgan fingerprint density at radius 1 is 0.800 bits per heavy atom. The standard InChI is InChI=1S/C28H28N2O5/c1-4-33-27(34-5-2)21-13-11-20(12-14-21)19-25-26(31)30(28(32)29(25)3)22-15-17-24(18-16-22)35-23-9-7-6-8-10-23/h6-19,27H,4-5H2,1-3H3/b25-19-. The zero-order valence-electron chi connectivity index (χ0n) is 20.0. The summed E-state index contributed by atoms with van der Waals surface area (Å²) in [6.45, 7) is 4.90. The molecule has 0 N–H and O–H groups in total. The molecule has 1 fully saturated rings. The molecule has 0 saturated carbocycles. The number of para-hydroxylation sites is 1. The highest BCUT2D eigenvalue weighted by atomic mass is 16.7. The minimum Gasteiger partial charge on any atom is -0.457 e. The van der Waals surface area contributed by atoms with Crippen molar-refractivity contribution in [3.05, 3.63) is 95.7 Å². The first-order chi connectivity index (χ1) is 17.0. The molecule has 4 rings (SSSR count). The Morgan fingerprint density at radius 2 is 1.40 bits per heavy atom. The van der Waals surface area contributed by atoms with Crippen LogP contribution in [0.3, 0.4) is 0 Å². The average molecular weight is 473 g/mol. The van der Waals surface area contributed by atoms with Gasteiger partial charge in [0.15, 0.2) is 6.29 Å². The molecule has 1 aliphatic rings. The molecule has 3 aromatic carbocycles. The average Bonchev–Trinajstić information content (AvgIpc) is 3.08. The summed E-state index contributed by atoms with van der Waals surface area (Å²) in [5.74, 6) is 0.929. The van der Waals surface area contributed by atoms with Gasteiger partial charge in [-0.1, -0.05) is 42.5 Å². The number of ether oxygens (including phenoxy) is 3. The molecular formula is C28H28N2O5. The third kappa shape index (κ3) is 5.42. The molecular weight excluding hydrogens is 444 g/mol. The number of amides is 3. The Labute approximate surface area is 205 Å². The molecule has 0 atom stereocenters. The highest BCUT2D eigenvalue weighted by Crippen LogP contribution is 2.30. The molecule has 35 heavy (non-hydrogen) atoms. The third-order valence-electron chi connectivity index (χ3n) is 5.48. The number of urea groups is 1. The van der Waals surface area contributed by atoms with E-state index in [1.165, 1.54) is 4.90 Å². The van der Waals surface area contributed by atoms with Crippen LogP contribution in [-0.2, 0) is 14.3 Å². The van der Waals surface area contributed by atoms with E-state index in [2.05, 4.69) is 0 Å². The molecule has 0 radical (unpaired) electrons. The molecule has 3 amide bonds. The second kappa shape index (κ2) is 11.0. The van der Waals surface area contributed by atoms with E-state index in [1.54, 1.807) is 37.4 Å². The van der Waals surface area contributed by atoms with Gasteiger partial charge in [0.1, 0.15) is 17.2 Å². The van der Waals surface area contributed by atoms with E-state index in [-0.39, 0.29) is 5.91 Å². The fourth-order valence-electron chi connectivity index (χ4n) is 3.72. The van der Waals surface area contributed by atoms with Crippen LogP contribution in [0, 0.1) is 0 Å². The molecule has 1 saturated heterocycles. The number of likely N-dealkylation sites (N-methyl/N-ethyl adjacent to an activating group) is 1. The van der Waals surface area contributed by atoms with Crippen molar-refractivity contribution in [1.82, 2.24) is 4.90 Å². The van der Waals surface area contributed by atoms with Crippen molar-refractivity contribution >= 4 is 23.7 Å². The van der Waals surface area contributed by atoms with Crippen LogP contribution in [0.4, 0.5) is 10.5 Å². The van der Waals surface area contributed by atoms with Gasteiger partial charge in [-0.25, -0.2) is 9.69 Å². The van der Waals surface area contributed by atoms with E-state index in [0.29, 0.717) is 36.1 Å². The van der Waals surface area contributed by atoms with Gasteiger partial charge in [0.05, 0.1) is 5.69 Å². The fraction of sp³-hybridized carbons (Fsp3) is 0.214. The lowest BCUT2D eigenvalue weighted by Crippen LogP contribution is -2.31. The van der Waals surface area contributed by atoms with E-state index < -0.39 is 12.3 Å². The number of hydrogen-bond acceptors (Lipinski definition) is 5. The highest BCUT2D eigenvalue weighted by Gasteiger charge is 2.39. The normalized spacial score (nSPS) is 14.9. The first kappa shape index (κ1) is 24.2. The van der Waals surface area contributed by atoms with E-state index in [0.717, 1.165) is 16.0 Å². The number of anilines is 1. The molecule has 0 unspecified atom stereocenters. The molecule has 7 heteroatoms. The molecule has 180 valence electrons. The minimum atomic E-state index is -0.437. The SMILES string of the molecule is CCOC(OCC)c1ccc(/C=C2/C(=O)N(c3ccc(Oc4ccccc4)cc3)C(=O)N2C)cc1. The van der Waals surface area contributed by atoms with E-state index in [1.807, 2.05) is 68.4 Å². The zero-order chi connectivity index (χ0) is 24.8. The predicted octanol–water partition coefficient (Wildman–Crippen LogP) is 5.99. The van der Waals surface area contributed by atoms with E-state index in [9.17, 15) is 9.59 Å². The predicted molar refractivity (Wildman–Crippen MR) is 134 cm³/mol. The van der Waals surface area contributed by atoms with Crippen molar-refractivity contribution in [3.63, 3.8) is 0 Å². The largest absolute Gasteiger partial charge is 0.457 e. The molecule has 0 bridgehead atoms. The first-order valence-corrected chi connectivity index (χ1v) is 11.5. The summed E-state index contributed by atoms with van der Waals surface area (Å²) in [6, 6.07) is 23.4. The lowest BCUT2D eigenvalue weighted by molar-refractivity contribution is -0.140. The van der Waals surface area contributed by atoms with Crippen LogP contribution in [0.5, 0.6) is 11.5 Å². The number of rotatable bonds is 9. The number of carbonyl (C=O) groups excluding carboxylic acids is 2. The topological polar surface area (TPSA) is 68.3 Å². The summed E-state index contributed by atoms with van der Waals surface area (Å²) in [7, 11) is 1.59. The van der Waals surface area contributed by atoms with Gasteiger partial charge in [0, 0.05) is 25.8 Å². The molecule has 7 nitrogen and oxygen atoms in total. The highest BCUT2D eigenvalue weighted by molar-refractivity contribution is 6.28. The van der Waals surface area contributed by atoms with Crippen LogP contribution in [-0.4, -0.2) is 37.1 Å². The molecule has 0 aliphatic carbocycles. The van der Waals surface area contributed by atoms with Gasteiger partial charge in [0.2, 0.25) is 0 Å². The third-order valence-corrected chi connectivity index (χ3v) is 5.48. The van der Waals surface area contributed by atoms with Gasteiger partial charge >= 0.3 is 6.03 Å². The van der Waals surface area contributed by atoms with Gasteiger partial charge in [-0.05, 0) is 61.9 Å². The van der Waals surface area contributed by atoms with Crippen LogP contribution in [0.25, 0.3) is 6.08 Å². The van der Waals surface area contributed by atoms with Crippen molar-refractivity contribution in [1.29, 1.82) is 0 Å². The van der Waals surface area contributed by atoms with Gasteiger partial charge in [-0.3, -0.25) is 9.69 Å².